The van der Waals surface area contributed by atoms with Crippen LogP contribution in [0.1, 0.15) is 35.7 Å². The van der Waals surface area contributed by atoms with Gasteiger partial charge in [0.15, 0.2) is 0 Å². The van der Waals surface area contributed by atoms with Crippen LogP contribution >= 0.6 is 11.6 Å². The highest BCUT2D eigenvalue weighted by Crippen LogP contribution is 2.35. The number of carbonyl (C=O) groups is 1. The molecule has 144 valence electrons. The third kappa shape index (κ3) is 4.71. The minimum atomic E-state index is -4.47. The number of benzene rings is 1. The normalized spacial score (nSPS) is 17.7. The van der Waals surface area contributed by atoms with E-state index >= 15 is 0 Å². The van der Waals surface area contributed by atoms with E-state index in [2.05, 4.69) is 17.2 Å². The van der Waals surface area contributed by atoms with Crippen molar-refractivity contribution in [1.29, 1.82) is 0 Å². The van der Waals surface area contributed by atoms with Gasteiger partial charge in [0.2, 0.25) is 0 Å². The van der Waals surface area contributed by atoms with Crippen molar-refractivity contribution in [3.05, 3.63) is 52.8 Å². The number of likely N-dealkylation sites (tertiary alicyclic amines) is 1. The van der Waals surface area contributed by atoms with E-state index in [0.717, 1.165) is 25.0 Å². The van der Waals surface area contributed by atoms with E-state index in [0.29, 0.717) is 30.3 Å². The number of aromatic nitrogens is 1. The number of hydrogen-bond donors (Lipinski definition) is 1. The van der Waals surface area contributed by atoms with Gasteiger partial charge in [-0.15, -0.1) is 0 Å². The Morgan fingerprint density at radius 2 is 2.07 bits per heavy atom. The molecule has 1 aliphatic heterocycles. The topological polar surface area (TPSA) is 45.2 Å². The van der Waals surface area contributed by atoms with Crippen LogP contribution in [0.4, 0.5) is 24.5 Å². The smallest absolute Gasteiger partial charge is 0.353 e. The number of halogens is 4. The summed E-state index contributed by atoms with van der Waals surface area (Å²) in [7, 11) is 0. The summed E-state index contributed by atoms with van der Waals surface area (Å²) >= 11 is 6.01. The minimum absolute atomic E-state index is 0.101. The Balaban J connectivity index is 1.81. The summed E-state index contributed by atoms with van der Waals surface area (Å²) in [4.78, 5) is 18.5. The predicted molar refractivity (Wildman–Crippen MR) is 98.3 cm³/mol. The molecule has 1 aromatic carbocycles. The van der Waals surface area contributed by atoms with Gasteiger partial charge in [-0.05, 0) is 43.0 Å². The summed E-state index contributed by atoms with van der Waals surface area (Å²) in [6, 6.07) is 4.61. The predicted octanol–water partition coefficient (Wildman–Crippen LogP) is 5.37. The highest BCUT2D eigenvalue weighted by molar-refractivity contribution is 6.33. The Bertz CT molecular complexity index is 841. The molecule has 0 spiro atoms. The molecule has 1 aliphatic rings. The molecule has 0 saturated carbocycles. The fraction of sp³-hybridized carbons (Fsp3) is 0.368. The van der Waals surface area contributed by atoms with Crippen molar-refractivity contribution in [2.45, 2.75) is 25.9 Å². The SMILES string of the molecule is CC1CCCN(C(=O)c2cncc(Nc3cc(C(F)(F)F)ccc3Cl)c2)C1. The molecule has 2 aromatic rings. The number of alkyl halides is 3. The van der Waals surface area contributed by atoms with Gasteiger partial charge in [0.1, 0.15) is 0 Å². The Hall–Kier alpha value is -2.28. The van der Waals surface area contributed by atoms with Crippen LogP contribution in [0.5, 0.6) is 0 Å². The highest BCUT2D eigenvalue weighted by Gasteiger charge is 2.31. The number of hydrogen-bond acceptors (Lipinski definition) is 3. The van der Waals surface area contributed by atoms with Crippen molar-refractivity contribution in [1.82, 2.24) is 9.88 Å². The van der Waals surface area contributed by atoms with Crippen molar-refractivity contribution in [2.24, 2.45) is 5.92 Å². The zero-order valence-corrected chi connectivity index (χ0v) is 15.4. The van der Waals surface area contributed by atoms with E-state index in [4.69, 9.17) is 11.6 Å². The maximum atomic E-state index is 12.9. The fourth-order valence-electron chi connectivity index (χ4n) is 3.13. The van der Waals surface area contributed by atoms with Gasteiger partial charge in [0.05, 0.1) is 33.7 Å². The average molecular weight is 398 g/mol. The van der Waals surface area contributed by atoms with E-state index < -0.39 is 11.7 Å². The van der Waals surface area contributed by atoms with Gasteiger partial charge >= 0.3 is 6.18 Å². The molecule has 1 aromatic heterocycles. The Kier molecular flexibility index (Phi) is 5.60. The first-order valence-corrected chi connectivity index (χ1v) is 9.00. The number of rotatable bonds is 3. The monoisotopic (exact) mass is 397 g/mol. The van der Waals surface area contributed by atoms with Crippen molar-refractivity contribution in [3.8, 4) is 0 Å². The summed E-state index contributed by atoms with van der Waals surface area (Å²) in [5, 5.41) is 2.97. The summed E-state index contributed by atoms with van der Waals surface area (Å²) in [6.07, 6.45) is 0.477. The van der Waals surface area contributed by atoms with Crippen molar-refractivity contribution in [2.75, 3.05) is 18.4 Å². The summed E-state index contributed by atoms with van der Waals surface area (Å²) in [5.74, 6) is 0.314. The quantitative estimate of drug-likeness (QED) is 0.757. The lowest BCUT2D eigenvalue weighted by atomic mass is 10.00. The maximum Gasteiger partial charge on any atom is 0.416 e. The Morgan fingerprint density at radius 3 is 2.78 bits per heavy atom. The second kappa shape index (κ2) is 7.76. The first-order chi connectivity index (χ1) is 12.7. The maximum absolute atomic E-state index is 12.9. The van der Waals surface area contributed by atoms with Crippen LogP contribution < -0.4 is 5.32 Å². The van der Waals surface area contributed by atoms with Gasteiger partial charge in [0.25, 0.3) is 5.91 Å². The molecule has 27 heavy (non-hydrogen) atoms. The molecule has 1 saturated heterocycles. The second-order valence-electron chi connectivity index (χ2n) is 6.78. The van der Waals surface area contributed by atoms with Gasteiger partial charge in [0, 0.05) is 19.3 Å². The van der Waals surface area contributed by atoms with Crippen molar-refractivity contribution >= 4 is 28.9 Å². The van der Waals surface area contributed by atoms with Crippen molar-refractivity contribution in [3.63, 3.8) is 0 Å². The fourth-order valence-corrected chi connectivity index (χ4v) is 3.30. The molecular weight excluding hydrogens is 379 g/mol. The molecular formula is C19H19ClF3N3O. The molecule has 1 unspecified atom stereocenters. The number of nitrogens with zero attached hydrogens (tertiary/aromatic N) is 2. The van der Waals surface area contributed by atoms with Gasteiger partial charge in [-0.25, -0.2) is 0 Å². The first-order valence-electron chi connectivity index (χ1n) is 8.62. The Labute approximate surface area is 160 Å². The molecule has 3 rings (SSSR count). The van der Waals surface area contributed by atoms with E-state index in [1.807, 2.05) is 0 Å². The van der Waals surface area contributed by atoms with E-state index in [-0.39, 0.29) is 16.6 Å². The van der Waals surface area contributed by atoms with E-state index in [9.17, 15) is 18.0 Å². The number of pyridine rings is 1. The van der Waals surface area contributed by atoms with Crippen LogP contribution in [0.15, 0.2) is 36.7 Å². The van der Waals surface area contributed by atoms with Crippen molar-refractivity contribution < 1.29 is 18.0 Å². The lowest BCUT2D eigenvalue weighted by molar-refractivity contribution is -0.137. The molecule has 1 atom stereocenters. The number of amides is 1. The van der Waals surface area contributed by atoms with Crippen LogP contribution in [0.3, 0.4) is 0 Å². The van der Waals surface area contributed by atoms with E-state index in [1.54, 1.807) is 11.0 Å². The van der Waals surface area contributed by atoms with Gasteiger partial charge in [-0.1, -0.05) is 18.5 Å². The largest absolute Gasteiger partial charge is 0.416 e. The summed E-state index contributed by atoms with van der Waals surface area (Å²) in [5.41, 5.74) is 0.0747. The molecule has 1 N–H and O–H groups in total. The highest BCUT2D eigenvalue weighted by atomic mass is 35.5. The first kappa shape index (κ1) is 19.5. The van der Waals surface area contributed by atoms with Gasteiger partial charge in [-0.2, -0.15) is 13.2 Å². The molecule has 1 amide bonds. The zero-order chi connectivity index (χ0) is 19.6. The number of anilines is 2. The standard InChI is InChI=1S/C19H19ClF3N3O/c1-12-3-2-6-26(11-12)18(27)13-7-15(10-24-9-13)25-17-8-14(19(21,22)23)4-5-16(17)20/h4-5,7-10,12,25H,2-3,6,11H2,1H3. The summed E-state index contributed by atoms with van der Waals surface area (Å²) in [6.45, 7) is 3.49. The van der Waals surface area contributed by atoms with Crippen LogP contribution in [-0.2, 0) is 6.18 Å². The minimum Gasteiger partial charge on any atom is -0.353 e. The van der Waals surface area contributed by atoms with Crippen LogP contribution in [-0.4, -0.2) is 28.9 Å². The molecule has 4 nitrogen and oxygen atoms in total. The number of nitrogens with one attached hydrogen (secondary N) is 1. The van der Waals surface area contributed by atoms with Crippen LogP contribution in [0.2, 0.25) is 5.02 Å². The lowest BCUT2D eigenvalue weighted by Gasteiger charge is -2.31. The van der Waals surface area contributed by atoms with Gasteiger partial charge < -0.3 is 10.2 Å². The second-order valence-corrected chi connectivity index (χ2v) is 7.19. The lowest BCUT2D eigenvalue weighted by Crippen LogP contribution is -2.39. The number of piperidine rings is 1. The average Bonchev–Trinajstić information content (AvgIpc) is 2.62. The molecule has 0 aliphatic carbocycles. The third-order valence-corrected chi connectivity index (χ3v) is 4.83. The third-order valence-electron chi connectivity index (χ3n) is 4.50. The summed E-state index contributed by atoms with van der Waals surface area (Å²) < 4.78 is 38.7. The number of carbonyl (C=O) groups excluding carboxylic acids is 1. The molecule has 0 radical (unpaired) electrons. The van der Waals surface area contributed by atoms with Gasteiger partial charge in [-0.3, -0.25) is 9.78 Å². The zero-order valence-electron chi connectivity index (χ0n) is 14.7. The molecule has 2 heterocycles. The molecule has 8 heteroatoms. The van der Waals surface area contributed by atoms with E-state index in [1.165, 1.54) is 18.5 Å². The van der Waals surface area contributed by atoms with Crippen LogP contribution in [0.25, 0.3) is 0 Å². The molecule has 1 fully saturated rings. The van der Waals surface area contributed by atoms with Crippen LogP contribution in [0, 0.1) is 5.92 Å². The molecule has 0 bridgehead atoms. The Morgan fingerprint density at radius 1 is 1.30 bits per heavy atom.